The van der Waals surface area contributed by atoms with Crippen molar-refractivity contribution in [1.82, 2.24) is 19.9 Å². The third-order valence-corrected chi connectivity index (χ3v) is 5.73. The van der Waals surface area contributed by atoms with Gasteiger partial charge in [-0.1, -0.05) is 6.07 Å². The number of nitrogens with zero attached hydrogens (tertiary/aromatic N) is 4. The minimum atomic E-state index is -0.344. The number of pyridine rings is 2. The van der Waals surface area contributed by atoms with Crippen molar-refractivity contribution in [2.75, 3.05) is 6.61 Å². The Morgan fingerprint density at radius 1 is 1.32 bits per heavy atom. The monoisotopic (exact) mass is 413 g/mol. The maximum absolute atomic E-state index is 11.4. The summed E-state index contributed by atoms with van der Waals surface area (Å²) in [7, 11) is 0. The molecule has 1 N–H and O–H groups in total. The Balaban J connectivity index is 1.57. The fraction of sp³-hybridized carbons (Fsp3) is 0.333. The molecule has 0 unspecified atom stereocenters. The fourth-order valence-electron chi connectivity index (χ4n) is 4.21. The molecule has 0 aromatic carbocycles. The largest absolute Gasteiger partial charge is 0.492 e. The summed E-state index contributed by atoms with van der Waals surface area (Å²) in [5, 5.41) is 16.7. The lowest BCUT2D eigenvalue weighted by molar-refractivity contribution is -0.116. The topological polar surface area (TPSA) is 92.3 Å². The second-order valence-corrected chi connectivity index (χ2v) is 7.62. The first kappa shape index (κ1) is 20.4. The average molecular weight is 413 g/mol. The van der Waals surface area contributed by atoms with Gasteiger partial charge >= 0.3 is 0 Å². The Labute approximate surface area is 181 Å². The first-order chi connectivity index (χ1) is 15.1. The van der Waals surface area contributed by atoms with Crippen LogP contribution in [0.2, 0.25) is 0 Å². The number of hydrogen-bond acceptors (Lipinski definition) is 5. The van der Waals surface area contributed by atoms with E-state index in [1.807, 2.05) is 31.3 Å². The number of ether oxygens (including phenoxy) is 1. The molecule has 0 atom stereocenters. The van der Waals surface area contributed by atoms with Gasteiger partial charge in [-0.2, -0.15) is 10.4 Å². The molecule has 0 aliphatic heterocycles. The number of nitrogens with one attached hydrogen (secondary N) is 1. The highest BCUT2D eigenvalue weighted by molar-refractivity contribution is 5.93. The number of rotatable bonds is 5. The highest BCUT2D eigenvalue weighted by Gasteiger charge is 2.24. The van der Waals surface area contributed by atoms with E-state index >= 15 is 0 Å². The summed E-state index contributed by atoms with van der Waals surface area (Å²) in [4.78, 5) is 16.1. The van der Waals surface area contributed by atoms with Gasteiger partial charge in [0.1, 0.15) is 11.8 Å². The molecule has 7 nitrogen and oxygen atoms in total. The molecule has 1 amide bonds. The number of amides is 1. The van der Waals surface area contributed by atoms with E-state index in [0.29, 0.717) is 23.8 Å². The van der Waals surface area contributed by atoms with Crippen LogP contribution >= 0.6 is 0 Å². The van der Waals surface area contributed by atoms with Crippen molar-refractivity contribution in [3.8, 4) is 35.3 Å². The van der Waals surface area contributed by atoms with Gasteiger partial charge in [0.25, 0.3) is 5.91 Å². The molecule has 1 aliphatic rings. The molecule has 1 aliphatic carbocycles. The first-order valence-electron chi connectivity index (χ1n) is 10.4. The molecule has 0 radical (unpaired) electrons. The van der Waals surface area contributed by atoms with Crippen LogP contribution in [-0.4, -0.2) is 33.2 Å². The molecule has 3 heterocycles. The lowest BCUT2D eigenvalue weighted by Gasteiger charge is -2.28. The van der Waals surface area contributed by atoms with Crippen LogP contribution in [0.4, 0.5) is 0 Å². The molecule has 0 bridgehead atoms. The predicted molar refractivity (Wildman–Crippen MR) is 116 cm³/mol. The summed E-state index contributed by atoms with van der Waals surface area (Å²) in [5.74, 6) is 2.81. The van der Waals surface area contributed by atoms with Crippen LogP contribution in [0.15, 0.2) is 36.8 Å². The quantitative estimate of drug-likeness (QED) is 0.647. The minimum absolute atomic E-state index is 0.139. The molecule has 0 saturated heterocycles. The van der Waals surface area contributed by atoms with Crippen LogP contribution in [0.1, 0.15) is 49.8 Å². The second-order valence-electron chi connectivity index (χ2n) is 7.62. The number of nitriles is 1. The van der Waals surface area contributed by atoms with E-state index in [1.165, 1.54) is 0 Å². The molecule has 1 fully saturated rings. The van der Waals surface area contributed by atoms with E-state index in [1.54, 1.807) is 16.9 Å². The molecule has 1 saturated carbocycles. The zero-order chi connectivity index (χ0) is 21.8. The van der Waals surface area contributed by atoms with Crippen LogP contribution in [0.5, 0.6) is 5.75 Å². The summed E-state index contributed by atoms with van der Waals surface area (Å²) in [6, 6.07) is 8.36. The molecule has 4 rings (SSSR count). The molecule has 0 spiro atoms. The standard InChI is InChI=1S/C24H23N5O2/c1-3-23(30)28-19-8-5-16(6-9-19)22-10-7-17(13-26-22)21-11-20(31-4-2)15-29-24(21)18(12-25)14-27-29/h1,7,10-11,13-16,19H,4-6,8-9H2,2H3,(H,28,30). The summed E-state index contributed by atoms with van der Waals surface area (Å²) >= 11 is 0. The maximum atomic E-state index is 11.4. The van der Waals surface area contributed by atoms with Crippen LogP contribution in [0.3, 0.4) is 0 Å². The summed E-state index contributed by atoms with van der Waals surface area (Å²) in [6.45, 7) is 2.47. The van der Waals surface area contributed by atoms with Crippen molar-refractivity contribution in [3.63, 3.8) is 0 Å². The van der Waals surface area contributed by atoms with Crippen molar-refractivity contribution in [1.29, 1.82) is 5.26 Å². The van der Waals surface area contributed by atoms with Gasteiger partial charge < -0.3 is 10.1 Å². The number of hydrogen-bond donors (Lipinski definition) is 1. The van der Waals surface area contributed by atoms with E-state index in [-0.39, 0.29) is 11.9 Å². The molecule has 156 valence electrons. The smallest absolute Gasteiger partial charge is 0.295 e. The summed E-state index contributed by atoms with van der Waals surface area (Å²) in [6.07, 6.45) is 14.0. The van der Waals surface area contributed by atoms with Crippen molar-refractivity contribution in [2.24, 2.45) is 0 Å². The van der Waals surface area contributed by atoms with Crippen LogP contribution in [0.25, 0.3) is 16.6 Å². The normalized spacial score (nSPS) is 18.2. The lowest BCUT2D eigenvalue weighted by Crippen LogP contribution is -2.36. The van der Waals surface area contributed by atoms with E-state index < -0.39 is 0 Å². The van der Waals surface area contributed by atoms with Crippen molar-refractivity contribution in [3.05, 3.63) is 48.0 Å². The third kappa shape index (κ3) is 4.22. The number of terminal acetylenes is 1. The van der Waals surface area contributed by atoms with Crippen LogP contribution in [-0.2, 0) is 4.79 Å². The number of carbonyl (C=O) groups excluding carboxylic acids is 1. The van der Waals surface area contributed by atoms with Gasteiger partial charge in [0.05, 0.1) is 30.1 Å². The van der Waals surface area contributed by atoms with E-state index in [0.717, 1.165) is 48.0 Å². The Kier molecular flexibility index (Phi) is 5.86. The first-order valence-corrected chi connectivity index (χ1v) is 10.4. The van der Waals surface area contributed by atoms with Crippen molar-refractivity contribution in [2.45, 2.75) is 44.6 Å². The predicted octanol–water partition coefficient (Wildman–Crippen LogP) is 3.44. The molecule has 3 aromatic rings. The highest BCUT2D eigenvalue weighted by atomic mass is 16.5. The Bertz CT molecular complexity index is 1180. The zero-order valence-electron chi connectivity index (χ0n) is 17.3. The van der Waals surface area contributed by atoms with Gasteiger partial charge in [0.2, 0.25) is 0 Å². The third-order valence-electron chi connectivity index (χ3n) is 5.73. The number of fused-ring (bicyclic) bond motifs is 1. The number of aromatic nitrogens is 3. The second kappa shape index (κ2) is 8.89. The number of carbonyl (C=O) groups is 1. The fourth-order valence-corrected chi connectivity index (χ4v) is 4.21. The zero-order valence-corrected chi connectivity index (χ0v) is 17.3. The van der Waals surface area contributed by atoms with Gasteiger partial charge in [0, 0.05) is 35.0 Å². The molecular weight excluding hydrogens is 390 g/mol. The Hall–Kier alpha value is -3.84. The van der Waals surface area contributed by atoms with Gasteiger partial charge in [-0.3, -0.25) is 9.78 Å². The van der Waals surface area contributed by atoms with Gasteiger partial charge in [0.15, 0.2) is 0 Å². The van der Waals surface area contributed by atoms with E-state index in [2.05, 4.69) is 22.4 Å². The van der Waals surface area contributed by atoms with Crippen molar-refractivity contribution < 1.29 is 9.53 Å². The molecule has 31 heavy (non-hydrogen) atoms. The van der Waals surface area contributed by atoms with Crippen LogP contribution < -0.4 is 10.1 Å². The van der Waals surface area contributed by atoms with E-state index in [9.17, 15) is 10.1 Å². The Morgan fingerprint density at radius 2 is 2.13 bits per heavy atom. The molecule has 7 heteroatoms. The van der Waals surface area contributed by atoms with Gasteiger partial charge in [-0.25, -0.2) is 4.52 Å². The van der Waals surface area contributed by atoms with Crippen molar-refractivity contribution >= 4 is 11.4 Å². The van der Waals surface area contributed by atoms with Crippen LogP contribution in [0, 0.1) is 23.7 Å². The molecular formula is C24H23N5O2. The summed E-state index contributed by atoms with van der Waals surface area (Å²) in [5.41, 5.74) is 4.05. The molecule has 3 aromatic heterocycles. The van der Waals surface area contributed by atoms with Gasteiger partial charge in [-0.05, 0) is 50.7 Å². The summed E-state index contributed by atoms with van der Waals surface area (Å²) < 4.78 is 7.36. The SMILES string of the molecule is C#CC(=O)NC1CCC(c2ccc(-c3cc(OCC)cn4ncc(C#N)c34)cn2)CC1. The Morgan fingerprint density at radius 3 is 2.77 bits per heavy atom. The minimum Gasteiger partial charge on any atom is -0.492 e. The lowest BCUT2D eigenvalue weighted by atomic mass is 9.83. The average Bonchev–Trinajstić information content (AvgIpc) is 3.22. The van der Waals surface area contributed by atoms with E-state index in [4.69, 9.17) is 16.1 Å². The highest BCUT2D eigenvalue weighted by Crippen LogP contribution is 2.34. The maximum Gasteiger partial charge on any atom is 0.295 e. The van der Waals surface area contributed by atoms with Gasteiger partial charge in [-0.15, -0.1) is 6.42 Å².